The molecule has 1 aliphatic heterocycles. The van der Waals surface area contributed by atoms with E-state index in [-0.39, 0.29) is 18.5 Å². The van der Waals surface area contributed by atoms with Gasteiger partial charge in [0.1, 0.15) is 17.6 Å². The number of aryl methyl sites for hydroxylation is 1. The molecule has 5 nitrogen and oxygen atoms in total. The summed E-state index contributed by atoms with van der Waals surface area (Å²) in [5.41, 5.74) is 4.22. The molecule has 4 rings (SSSR count). The van der Waals surface area contributed by atoms with E-state index in [0.717, 1.165) is 66.9 Å². The minimum atomic E-state index is -1.53. The second kappa shape index (κ2) is 9.85. The number of benzene rings is 2. The summed E-state index contributed by atoms with van der Waals surface area (Å²) in [7, 11) is -1.53. The Balaban J connectivity index is 1.56. The zero-order chi connectivity index (χ0) is 21.8. The molecule has 0 amide bonds. The Hall–Kier alpha value is -2.35. The first kappa shape index (κ1) is 21.9. The number of ether oxygens (including phenoxy) is 1. The molecule has 3 N–H and O–H groups in total. The number of phenols is 1. The number of halogens is 1. The number of hydrogen-bond donors (Lipinski definition) is 3. The molecular weight excluding hydrogens is 396 g/mol. The third-order valence-corrected chi connectivity index (χ3v) is 6.17. The molecule has 164 valence electrons. The Morgan fingerprint density at radius 2 is 1.90 bits per heavy atom. The fourth-order valence-electron chi connectivity index (χ4n) is 4.67. The highest BCUT2D eigenvalue weighted by atomic mass is 19.1. The molecule has 0 saturated carbocycles. The number of allylic oxidation sites excluding steroid dienone is 1. The molecule has 0 bridgehead atoms. The first-order valence-corrected chi connectivity index (χ1v) is 11.0. The molecule has 2 aliphatic rings. The normalized spacial score (nSPS) is 19.3. The van der Waals surface area contributed by atoms with Gasteiger partial charge in [-0.25, -0.2) is 0 Å². The predicted octanol–water partition coefficient (Wildman–Crippen LogP) is 3.36. The minimum absolute atomic E-state index is 0.0982. The molecule has 1 aliphatic carbocycles. The van der Waals surface area contributed by atoms with Crippen LogP contribution in [0.5, 0.6) is 11.5 Å². The molecule has 2 aromatic rings. The summed E-state index contributed by atoms with van der Waals surface area (Å²) in [6.07, 6.45) is 3.73. The van der Waals surface area contributed by atoms with Gasteiger partial charge in [0.2, 0.25) is 0 Å². The maximum absolute atomic E-state index is 12.4. The van der Waals surface area contributed by atoms with E-state index >= 15 is 0 Å². The Kier molecular flexibility index (Phi) is 6.95. The van der Waals surface area contributed by atoms with E-state index in [4.69, 9.17) is 4.74 Å². The summed E-state index contributed by atoms with van der Waals surface area (Å²) >= 11 is 0. The van der Waals surface area contributed by atoms with Gasteiger partial charge in [0, 0.05) is 19.6 Å². The maximum Gasteiger partial charge on any atom is 0.484 e. The van der Waals surface area contributed by atoms with Crippen LogP contribution in [-0.4, -0.2) is 59.6 Å². The topological polar surface area (TPSA) is 73.2 Å². The molecule has 1 heterocycles. The van der Waals surface area contributed by atoms with E-state index in [9.17, 15) is 19.5 Å². The third-order valence-electron chi connectivity index (χ3n) is 6.17. The lowest BCUT2D eigenvalue weighted by atomic mass is 9.71. The van der Waals surface area contributed by atoms with Gasteiger partial charge in [-0.15, -0.1) is 0 Å². The van der Waals surface area contributed by atoms with Crippen LogP contribution in [0.25, 0.3) is 5.57 Å². The molecule has 1 saturated heterocycles. The highest BCUT2D eigenvalue weighted by Crippen LogP contribution is 2.37. The van der Waals surface area contributed by atoms with Crippen molar-refractivity contribution in [2.24, 2.45) is 0 Å². The smallest absolute Gasteiger partial charge is 0.484 e. The summed E-state index contributed by atoms with van der Waals surface area (Å²) in [6, 6.07) is 13.0. The highest BCUT2D eigenvalue weighted by molar-refractivity contribution is 6.53. The Morgan fingerprint density at radius 3 is 2.65 bits per heavy atom. The van der Waals surface area contributed by atoms with Gasteiger partial charge >= 0.3 is 7.12 Å². The van der Waals surface area contributed by atoms with Crippen LogP contribution in [0.3, 0.4) is 0 Å². The quantitative estimate of drug-likeness (QED) is 0.594. The molecule has 0 aromatic heterocycles. The number of alkyl halides is 1. The number of rotatable bonds is 7. The third kappa shape index (κ3) is 5.11. The van der Waals surface area contributed by atoms with Crippen molar-refractivity contribution in [3.63, 3.8) is 0 Å². The van der Waals surface area contributed by atoms with Crippen LogP contribution in [0.15, 0.2) is 47.9 Å². The molecule has 0 unspecified atom stereocenters. The zero-order valence-electron chi connectivity index (χ0n) is 17.6. The molecular formula is C24H29BFNO4. The Bertz CT molecular complexity index is 932. The summed E-state index contributed by atoms with van der Waals surface area (Å²) < 4.78 is 18.5. The van der Waals surface area contributed by atoms with Gasteiger partial charge in [-0.05, 0) is 84.1 Å². The van der Waals surface area contributed by atoms with Crippen molar-refractivity contribution in [1.29, 1.82) is 0 Å². The summed E-state index contributed by atoms with van der Waals surface area (Å²) in [6.45, 7) is 2.22. The highest BCUT2D eigenvalue weighted by Gasteiger charge is 2.26. The van der Waals surface area contributed by atoms with Gasteiger partial charge in [0.25, 0.3) is 0 Å². The van der Waals surface area contributed by atoms with E-state index in [1.165, 1.54) is 0 Å². The number of aromatic hydroxyl groups is 1. The molecule has 2 aromatic carbocycles. The van der Waals surface area contributed by atoms with Crippen molar-refractivity contribution in [2.45, 2.75) is 38.2 Å². The lowest BCUT2D eigenvalue weighted by Gasteiger charge is -2.18. The van der Waals surface area contributed by atoms with E-state index in [2.05, 4.69) is 4.90 Å². The van der Waals surface area contributed by atoms with Gasteiger partial charge < -0.3 is 19.9 Å². The second-order valence-corrected chi connectivity index (χ2v) is 8.36. The van der Waals surface area contributed by atoms with Crippen LogP contribution in [0, 0.1) is 0 Å². The van der Waals surface area contributed by atoms with Crippen molar-refractivity contribution in [3.05, 3.63) is 64.6 Å². The minimum Gasteiger partial charge on any atom is -0.508 e. The number of likely N-dealkylation sites (tertiary alicyclic amines) is 1. The lowest BCUT2D eigenvalue weighted by molar-refractivity contribution is 0.198. The fraction of sp³-hybridized carbons (Fsp3) is 0.417. The van der Waals surface area contributed by atoms with E-state index in [1.807, 2.05) is 30.3 Å². The molecule has 0 radical (unpaired) electrons. The lowest BCUT2D eigenvalue weighted by Crippen LogP contribution is -2.26. The summed E-state index contributed by atoms with van der Waals surface area (Å²) in [4.78, 5) is 2.23. The SMILES string of the molecule is OB(O)C1=C(c2ccc(O[C@H]3CCN(CCCF)C3)cc2)c2ccc(O)cc2CCC1. The number of hydrogen-bond acceptors (Lipinski definition) is 5. The van der Waals surface area contributed by atoms with E-state index in [0.29, 0.717) is 18.3 Å². The van der Waals surface area contributed by atoms with Crippen molar-refractivity contribution in [1.82, 2.24) is 4.90 Å². The van der Waals surface area contributed by atoms with Crippen LogP contribution < -0.4 is 4.74 Å². The van der Waals surface area contributed by atoms with Crippen LogP contribution in [-0.2, 0) is 6.42 Å². The largest absolute Gasteiger partial charge is 0.508 e. The fourth-order valence-corrected chi connectivity index (χ4v) is 4.67. The van der Waals surface area contributed by atoms with Crippen LogP contribution in [0.1, 0.15) is 42.4 Å². The van der Waals surface area contributed by atoms with Gasteiger partial charge in [-0.1, -0.05) is 18.2 Å². The second-order valence-electron chi connectivity index (χ2n) is 8.36. The maximum atomic E-state index is 12.4. The van der Waals surface area contributed by atoms with Gasteiger partial charge in [-0.2, -0.15) is 0 Å². The molecule has 1 atom stereocenters. The van der Waals surface area contributed by atoms with Crippen molar-refractivity contribution in [3.8, 4) is 11.5 Å². The van der Waals surface area contributed by atoms with Crippen molar-refractivity contribution in [2.75, 3.05) is 26.3 Å². The van der Waals surface area contributed by atoms with Gasteiger partial charge in [-0.3, -0.25) is 9.29 Å². The van der Waals surface area contributed by atoms with Crippen LogP contribution >= 0.6 is 0 Å². The number of fused-ring (bicyclic) bond motifs is 1. The standard InChI is InChI=1S/C24H29BFNO4/c26-12-2-13-27-14-11-21(16-27)31-20-8-5-17(6-9-20)24-22-10-7-19(28)15-18(22)3-1-4-23(24)25(29)30/h5-10,15,21,28-30H,1-4,11-14,16H2/t21-/m0/s1. The first-order valence-electron chi connectivity index (χ1n) is 11.0. The number of phenolic OH excluding ortho intramolecular Hbond substituents is 1. The average Bonchev–Trinajstić information content (AvgIpc) is 3.11. The van der Waals surface area contributed by atoms with E-state index in [1.54, 1.807) is 12.1 Å². The molecule has 31 heavy (non-hydrogen) atoms. The first-order chi connectivity index (χ1) is 15.0. The molecule has 0 spiro atoms. The Labute approximate surface area is 182 Å². The zero-order valence-corrected chi connectivity index (χ0v) is 17.6. The van der Waals surface area contributed by atoms with Crippen molar-refractivity contribution < 1.29 is 24.3 Å². The summed E-state index contributed by atoms with van der Waals surface area (Å²) in [5, 5.41) is 30.0. The molecule has 7 heteroatoms. The van der Waals surface area contributed by atoms with Crippen molar-refractivity contribution >= 4 is 12.7 Å². The van der Waals surface area contributed by atoms with Gasteiger partial charge in [0.15, 0.2) is 0 Å². The number of nitrogens with zero attached hydrogens (tertiary/aromatic N) is 1. The Morgan fingerprint density at radius 1 is 1.10 bits per heavy atom. The van der Waals surface area contributed by atoms with E-state index < -0.39 is 7.12 Å². The van der Waals surface area contributed by atoms with Crippen LogP contribution in [0.2, 0.25) is 0 Å². The van der Waals surface area contributed by atoms with Gasteiger partial charge in [0.05, 0.1) is 6.67 Å². The average molecular weight is 425 g/mol. The molecule has 1 fully saturated rings. The predicted molar refractivity (Wildman–Crippen MR) is 120 cm³/mol. The van der Waals surface area contributed by atoms with Crippen LogP contribution in [0.4, 0.5) is 4.39 Å². The summed E-state index contributed by atoms with van der Waals surface area (Å²) in [5.74, 6) is 0.985. The monoisotopic (exact) mass is 425 g/mol.